The Morgan fingerprint density at radius 3 is 2.57 bits per heavy atom. The van der Waals surface area contributed by atoms with Gasteiger partial charge in [0, 0.05) is 18.5 Å². The van der Waals surface area contributed by atoms with E-state index in [4.69, 9.17) is 30.0 Å². The van der Waals surface area contributed by atoms with E-state index in [1.54, 1.807) is 27.7 Å². The number of esters is 1. The molecule has 3 unspecified atom stereocenters. The summed E-state index contributed by atoms with van der Waals surface area (Å²) in [6.45, 7) is 11.3. The maximum atomic E-state index is 14.0. The number of hydrogen-bond donors (Lipinski definition) is 5. The third-order valence-electron chi connectivity index (χ3n) is 7.42. The molecule has 7 N–H and O–H groups in total. The van der Waals surface area contributed by atoms with Gasteiger partial charge in [-0.25, -0.2) is 14.6 Å². The van der Waals surface area contributed by atoms with Crippen molar-refractivity contribution in [3.63, 3.8) is 0 Å². The Labute approximate surface area is 274 Å². The Morgan fingerprint density at radius 2 is 1.96 bits per heavy atom. The van der Waals surface area contributed by atoms with Crippen LogP contribution in [-0.2, 0) is 39.2 Å². The second-order valence-electron chi connectivity index (χ2n) is 12.2. The van der Waals surface area contributed by atoms with Gasteiger partial charge in [-0.2, -0.15) is 0 Å². The highest BCUT2D eigenvalue weighted by Crippen LogP contribution is 2.46. The largest absolute Gasteiger partial charge is 0.455 e. The Morgan fingerprint density at radius 1 is 1.28 bits per heavy atom. The number of rotatable bonds is 16. The topological polar surface area (TPSA) is 208 Å². The van der Waals surface area contributed by atoms with Gasteiger partial charge in [0.25, 0.3) is 0 Å². The minimum absolute atomic E-state index is 0.118. The number of nitrogens with zero attached hydrogens (tertiary/aromatic N) is 2. The Kier molecular flexibility index (Phi) is 13.2. The second kappa shape index (κ2) is 16.0. The number of thioether (sulfide) groups is 1. The van der Waals surface area contributed by atoms with Crippen molar-refractivity contribution in [2.45, 2.75) is 71.2 Å². The number of benzene rings is 1. The first kappa shape index (κ1) is 37.9. The maximum absolute atomic E-state index is 14.0. The lowest BCUT2D eigenvalue weighted by Gasteiger charge is -2.36. The average molecular weight is 684 g/mol. The molecule has 0 bridgehead atoms. The molecule has 1 aromatic rings. The van der Waals surface area contributed by atoms with Crippen molar-refractivity contribution in [1.29, 1.82) is 0 Å². The number of carbonyl (C=O) groups is 2. The predicted octanol–water partition coefficient (Wildman–Crippen LogP) is 2.22. The zero-order chi connectivity index (χ0) is 34.3. The van der Waals surface area contributed by atoms with Gasteiger partial charge in [0.15, 0.2) is 17.4 Å². The van der Waals surface area contributed by atoms with E-state index < -0.39 is 55.8 Å². The number of nitrogens with two attached hydrogens (primary N) is 2. The Bertz CT molecular complexity index is 1340. The molecule has 2 aliphatic rings. The lowest BCUT2D eigenvalue weighted by molar-refractivity contribution is -0.167. The summed E-state index contributed by atoms with van der Waals surface area (Å²) in [6, 6.07) is 8.16. The van der Waals surface area contributed by atoms with Crippen molar-refractivity contribution in [3.05, 3.63) is 60.6 Å². The number of carbonyl (C=O) groups excluding carboxylic acids is 2. The molecule has 14 nitrogen and oxygen atoms in total. The molecule has 0 aromatic heterocycles. The molecule has 2 heterocycles. The molecule has 0 aliphatic carbocycles. The molecule has 0 radical (unpaired) electrons. The molecule has 2 aliphatic heterocycles. The summed E-state index contributed by atoms with van der Waals surface area (Å²) >= 11 is 0.940. The van der Waals surface area contributed by atoms with Gasteiger partial charge in [-0.1, -0.05) is 62.5 Å². The first-order valence-corrected chi connectivity index (χ1v) is 17.3. The molecular weight excluding hydrogens is 637 g/mol. The SMILES string of the molecule is C=C1N=C(N)C=CN1[C@@H]1O[C@H](COP(=O)(NCc2ccccc2)OCCSC(=O)C(C)(C)CO)C(OC(=O)C(N)C(C)C)[C@]1(C)O. The van der Waals surface area contributed by atoms with Crippen LogP contribution in [0.5, 0.6) is 0 Å². The number of ether oxygens (including phenoxy) is 2. The predicted molar refractivity (Wildman–Crippen MR) is 175 cm³/mol. The van der Waals surface area contributed by atoms with Crippen molar-refractivity contribution in [3.8, 4) is 0 Å². The van der Waals surface area contributed by atoms with Gasteiger partial charge in [0.1, 0.15) is 29.4 Å². The van der Waals surface area contributed by atoms with Gasteiger partial charge >= 0.3 is 13.7 Å². The van der Waals surface area contributed by atoms with Crippen molar-refractivity contribution in [1.82, 2.24) is 9.99 Å². The summed E-state index contributed by atoms with van der Waals surface area (Å²) < 4.78 is 37.4. The molecule has 3 rings (SSSR count). The molecule has 1 fully saturated rings. The number of aliphatic imine (C=N–C) groups is 1. The molecular formula is C30H46N5O9PS. The molecule has 1 saturated heterocycles. The van der Waals surface area contributed by atoms with E-state index in [0.717, 1.165) is 17.3 Å². The van der Waals surface area contributed by atoms with Crippen molar-refractivity contribution >= 4 is 36.4 Å². The van der Waals surface area contributed by atoms with Crippen LogP contribution in [0.1, 0.15) is 40.2 Å². The highest BCUT2D eigenvalue weighted by molar-refractivity contribution is 8.13. The van der Waals surface area contributed by atoms with Crippen molar-refractivity contribution in [2.24, 2.45) is 27.8 Å². The van der Waals surface area contributed by atoms with Gasteiger partial charge in [-0.15, -0.1) is 0 Å². The van der Waals surface area contributed by atoms with E-state index in [9.17, 15) is 24.4 Å². The monoisotopic (exact) mass is 683 g/mol. The van der Waals surface area contributed by atoms with E-state index in [2.05, 4.69) is 16.7 Å². The minimum atomic E-state index is -4.09. The maximum Gasteiger partial charge on any atom is 0.405 e. The number of aliphatic hydroxyl groups is 2. The quantitative estimate of drug-likeness (QED) is 0.0962. The van der Waals surface area contributed by atoms with Crippen molar-refractivity contribution in [2.75, 3.05) is 25.6 Å². The molecule has 0 spiro atoms. The number of hydrogen-bond acceptors (Lipinski definition) is 14. The van der Waals surface area contributed by atoms with E-state index >= 15 is 0 Å². The summed E-state index contributed by atoms with van der Waals surface area (Å²) in [5, 5.41) is 23.8. The zero-order valence-electron chi connectivity index (χ0n) is 26.8. The zero-order valence-corrected chi connectivity index (χ0v) is 28.5. The van der Waals surface area contributed by atoms with Crippen LogP contribution >= 0.6 is 19.5 Å². The summed E-state index contributed by atoms with van der Waals surface area (Å²) in [7, 11) is -4.09. The third kappa shape index (κ3) is 9.72. The highest BCUT2D eigenvalue weighted by atomic mass is 32.2. The fourth-order valence-electron chi connectivity index (χ4n) is 4.37. The summed E-state index contributed by atoms with van der Waals surface area (Å²) in [5.41, 5.74) is 9.83. The highest BCUT2D eigenvalue weighted by Gasteiger charge is 2.58. The summed E-state index contributed by atoms with van der Waals surface area (Å²) in [6.07, 6.45) is -0.615. The van der Waals surface area contributed by atoms with Crippen LogP contribution in [0, 0.1) is 11.3 Å². The molecule has 256 valence electrons. The molecule has 0 amide bonds. The van der Waals surface area contributed by atoms with Crippen LogP contribution in [-0.4, -0.2) is 87.7 Å². The second-order valence-corrected chi connectivity index (χ2v) is 15.1. The molecule has 16 heteroatoms. The van der Waals surface area contributed by atoms with Gasteiger partial charge in [0.05, 0.1) is 25.2 Å². The number of nitrogens with one attached hydrogen (secondary N) is 1. The fraction of sp³-hybridized carbons (Fsp3) is 0.567. The number of amidine groups is 1. The van der Waals surface area contributed by atoms with Gasteiger partial charge in [-0.3, -0.25) is 18.6 Å². The van der Waals surface area contributed by atoms with Crippen LogP contribution in [0.25, 0.3) is 0 Å². The molecule has 0 saturated carbocycles. The first-order valence-electron chi connectivity index (χ1n) is 14.8. The lowest BCUT2D eigenvalue weighted by Crippen LogP contribution is -2.54. The van der Waals surface area contributed by atoms with Crippen LogP contribution in [0.4, 0.5) is 0 Å². The number of aliphatic hydroxyl groups excluding tert-OH is 1. The minimum Gasteiger partial charge on any atom is -0.455 e. The molecule has 1 aromatic carbocycles. The lowest BCUT2D eigenvalue weighted by atomic mass is 9.95. The third-order valence-corrected chi connectivity index (χ3v) is 10.2. The fourth-order valence-corrected chi connectivity index (χ4v) is 6.61. The molecule has 46 heavy (non-hydrogen) atoms. The van der Waals surface area contributed by atoms with Gasteiger partial charge in [-0.05, 0) is 38.3 Å². The van der Waals surface area contributed by atoms with E-state index in [0.29, 0.717) is 0 Å². The standard InChI is InChI=1S/C30H46N5O9PS/c1-19(2)24(32)26(37)44-25-22(43-27(30(25,6)39)35-13-12-23(31)34-20(35)3)17-42-45(40,33-16-21-10-8-7-9-11-21)41-14-15-46-28(38)29(4,5)18-36/h7-13,19,22,24-25,27,36,39H,3,14-18,32H2,1-2,4-6H3,(H2,31,34)(H,33,40)/t22-,24?,25?,27-,30+,45?/m1/s1. The average Bonchev–Trinajstić information content (AvgIpc) is 3.25. The Balaban J connectivity index is 1.81. The van der Waals surface area contributed by atoms with E-state index in [1.165, 1.54) is 24.1 Å². The van der Waals surface area contributed by atoms with Gasteiger partial charge in [0.2, 0.25) is 0 Å². The van der Waals surface area contributed by atoms with Gasteiger partial charge < -0.3 is 36.1 Å². The Hall–Kier alpha value is -2.59. The van der Waals surface area contributed by atoms with Crippen LogP contribution < -0.4 is 16.6 Å². The van der Waals surface area contributed by atoms with E-state index in [-0.39, 0.29) is 48.2 Å². The van der Waals surface area contributed by atoms with Crippen LogP contribution in [0.2, 0.25) is 0 Å². The molecule has 6 atom stereocenters. The smallest absolute Gasteiger partial charge is 0.405 e. The van der Waals surface area contributed by atoms with Crippen LogP contribution in [0.3, 0.4) is 0 Å². The normalized spacial score (nSPS) is 25.3. The van der Waals surface area contributed by atoms with Crippen molar-refractivity contribution < 1.29 is 42.9 Å². The van der Waals surface area contributed by atoms with E-state index in [1.807, 2.05) is 30.3 Å². The van der Waals surface area contributed by atoms with Crippen LogP contribution in [0.15, 0.2) is 60.0 Å². The summed E-state index contributed by atoms with van der Waals surface area (Å²) in [5.74, 6) is -0.507. The first-order chi connectivity index (χ1) is 21.5. The summed E-state index contributed by atoms with van der Waals surface area (Å²) in [4.78, 5) is 31.0.